The number of nitrogens with one attached hydrogen (secondary N) is 1. The Hall–Kier alpha value is -1.14. The van der Waals surface area contributed by atoms with Gasteiger partial charge in [0.2, 0.25) is 0 Å². The highest BCUT2D eigenvalue weighted by Gasteiger charge is 2.50. The molecule has 0 aromatic heterocycles. The van der Waals surface area contributed by atoms with Crippen LogP contribution in [0.5, 0.6) is 0 Å². The molecule has 1 aromatic carbocycles. The topological polar surface area (TPSA) is 85.9 Å². The average molecular weight is 440 g/mol. The maximum absolute atomic E-state index is 6.39. The van der Waals surface area contributed by atoms with Crippen molar-refractivity contribution in [2.24, 2.45) is 0 Å². The monoisotopic (exact) mass is 439 g/mol. The van der Waals surface area contributed by atoms with Crippen LogP contribution in [0.4, 0.5) is 0 Å². The number of ether oxygens (including phenoxy) is 8. The van der Waals surface area contributed by atoms with Crippen LogP contribution in [0.1, 0.15) is 11.9 Å². The average Bonchev–Trinajstić information content (AvgIpc) is 2.83. The third-order valence-corrected chi connectivity index (χ3v) is 5.56. The molecule has 0 radical (unpaired) electrons. The SMILES string of the molecule is COC1OC2COC(c3ccccc3)OC2C2NCCOCCOCCOCCOC12. The highest BCUT2D eigenvalue weighted by Crippen LogP contribution is 2.35. The van der Waals surface area contributed by atoms with Gasteiger partial charge >= 0.3 is 0 Å². The van der Waals surface area contributed by atoms with Crippen LogP contribution in [-0.4, -0.2) is 97.2 Å². The number of hydrogen-bond acceptors (Lipinski definition) is 9. The van der Waals surface area contributed by atoms with Crippen LogP contribution in [0.25, 0.3) is 0 Å². The van der Waals surface area contributed by atoms with E-state index >= 15 is 0 Å². The highest BCUT2D eigenvalue weighted by atomic mass is 16.8. The lowest BCUT2D eigenvalue weighted by Gasteiger charge is -2.49. The third-order valence-electron chi connectivity index (χ3n) is 5.56. The molecular formula is C22H33NO8. The van der Waals surface area contributed by atoms with Crippen molar-refractivity contribution in [3.05, 3.63) is 35.9 Å². The molecule has 3 heterocycles. The summed E-state index contributed by atoms with van der Waals surface area (Å²) in [6.07, 6.45) is -1.91. The van der Waals surface area contributed by atoms with Crippen LogP contribution in [0.3, 0.4) is 0 Å². The van der Waals surface area contributed by atoms with E-state index < -0.39 is 12.6 Å². The number of benzene rings is 1. The Labute approximate surface area is 183 Å². The van der Waals surface area contributed by atoms with Gasteiger partial charge in [-0.2, -0.15) is 0 Å². The molecule has 9 nitrogen and oxygen atoms in total. The van der Waals surface area contributed by atoms with Gasteiger partial charge in [0.25, 0.3) is 0 Å². The smallest absolute Gasteiger partial charge is 0.185 e. The summed E-state index contributed by atoms with van der Waals surface area (Å²) in [5.41, 5.74) is 0.973. The Morgan fingerprint density at radius 1 is 0.806 bits per heavy atom. The summed E-state index contributed by atoms with van der Waals surface area (Å²) >= 11 is 0. The normalized spacial score (nSPS) is 36.4. The zero-order chi connectivity index (χ0) is 21.3. The van der Waals surface area contributed by atoms with Crippen molar-refractivity contribution >= 4 is 0 Å². The molecule has 174 valence electrons. The number of fused-ring (bicyclic) bond motifs is 3. The summed E-state index contributed by atoms with van der Waals surface area (Å²) in [7, 11) is 1.62. The molecule has 31 heavy (non-hydrogen) atoms. The van der Waals surface area contributed by atoms with Crippen molar-refractivity contribution in [3.63, 3.8) is 0 Å². The minimum absolute atomic E-state index is 0.163. The maximum Gasteiger partial charge on any atom is 0.185 e. The molecule has 1 aromatic rings. The molecule has 3 fully saturated rings. The molecule has 9 heteroatoms. The molecule has 3 saturated heterocycles. The second-order valence-corrected chi connectivity index (χ2v) is 7.61. The lowest BCUT2D eigenvalue weighted by atomic mass is 9.94. The summed E-state index contributed by atoms with van der Waals surface area (Å²) in [5, 5.41) is 3.55. The molecular weight excluding hydrogens is 406 g/mol. The van der Waals surface area contributed by atoms with Crippen molar-refractivity contribution in [1.29, 1.82) is 0 Å². The standard InChI is InChI=1S/C22H33NO8/c1-24-22-20-18(23-7-8-25-9-10-26-11-12-27-13-14-28-20)19-17(30-22)15-29-21(31-19)16-5-3-2-4-6-16/h2-6,17-23H,7-15H2,1H3. The molecule has 1 N–H and O–H groups in total. The summed E-state index contributed by atoms with van der Waals surface area (Å²) < 4.78 is 47.0. The number of rotatable bonds is 2. The predicted octanol–water partition coefficient (Wildman–Crippen LogP) is 0.879. The van der Waals surface area contributed by atoms with Crippen LogP contribution in [0.15, 0.2) is 30.3 Å². The third kappa shape index (κ3) is 6.22. The zero-order valence-corrected chi connectivity index (χ0v) is 18.0. The summed E-state index contributed by atoms with van der Waals surface area (Å²) in [4.78, 5) is 0. The number of hydrogen-bond donors (Lipinski definition) is 1. The molecule has 0 aliphatic carbocycles. The molecule has 4 rings (SSSR count). The van der Waals surface area contributed by atoms with Gasteiger partial charge in [0.05, 0.1) is 58.9 Å². The van der Waals surface area contributed by atoms with Crippen molar-refractivity contribution in [2.45, 2.75) is 36.9 Å². The molecule has 0 spiro atoms. The van der Waals surface area contributed by atoms with Crippen molar-refractivity contribution in [3.8, 4) is 0 Å². The molecule has 6 unspecified atom stereocenters. The first-order valence-electron chi connectivity index (χ1n) is 11.0. The van der Waals surface area contributed by atoms with E-state index in [2.05, 4.69) is 5.32 Å². The highest BCUT2D eigenvalue weighted by molar-refractivity contribution is 5.16. The molecule has 3 aliphatic rings. The first-order valence-corrected chi connectivity index (χ1v) is 11.0. The Morgan fingerprint density at radius 3 is 2.26 bits per heavy atom. The molecule has 0 bridgehead atoms. The largest absolute Gasteiger partial charge is 0.378 e. The first-order chi connectivity index (χ1) is 15.4. The fourth-order valence-corrected chi connectivity index (χ4v) is 4.06. The van der Waals surface area contributed by atoms with E-state index in [1.807, 2.05) is 30.3 Å². The summed E-state index contributed by atoms with van der Waals surface area (Å²) in [6.45, 7) is 4.63. The summed E-state index contributed by atoms with van der Waals surface area (Å²) in [5.74, 6) is 0. The van der Waals surface area contributed by atoms with Gasteiger partial charge in [-0.3, -0.25) is 0 Å². The van der Waals surface area contributed by atoms with Gasteiger partial charge < -0.3 is 43.2 Å². The maximum atomic E-state index is 6.39. The first kappa shape index (κ1) is 23.0. The van der Waals surface area contributed by atoms with Crippen LogP contribution in [0, 0.1) is 0 Å². The van der Waals surface area contributed by atoms with Crippen LogP contribution >= 0.6 is 0 Å². The second-order valence-electron chi connectivity index (χ2n) is 7.61. The Bertz CT molecular complexity index is 635. The van der Waals surface area contributed by atoms with Gasteiger partial charge in [0.15, 0.2) is 12.6 Å². The lowest BCUT2D eigenvalue weighted by molar-refractivity contribution is -0.345. The van der Waals surface area contributed by atoms with Crippen LogP contribution in [0.2, 0.25) is 0 Å². The van der Waals surface area contributed by atoms with Gasteiger partial charge in [-0.15, -0.1) is 0 Å². The van der Waals surface area contributed by atoms with E-state index in [4.69, 9.17) is 37.9 Å². The molecule has 3 aliphatic heterocycles. The van der Waals surface area contributed by atoms with Gasteiger partial charge in [-0.1, -0.05) is 30.3 Å². The van der Waals surface area contributed by atoms with E-state index in [0.717, 1.165) is 5.56 Å². The number of methoxy groups -OCH3 is 1. The summed E-state index contributed by atoms with van der Waals surface area (Å²) in [6, 6.07) is 9.75. The molecule has 0 saturated carbocycles. The van der Waals surface area contributed by atoms with Crippen LogP contribution < -0.4 is 5.32 Å². The Kier molecular flexibility index (Phi) is 9.06. The second kappa shape index (κ2) is 12.2. The van der Waals surface area contributed by atoms with E-state index in [1.54, 1.807) is 7.11 Å². The zero-order valence-electron chi connectivity index (χ0n) is 18.0. The van der Waals surface area contributed by atoms with E-state index in [9.17, 15) is 0 Å². The van der Waals surface area contributed by atoms with Gasteiger partial charge in [-0.05, 0) is 0 Å². The van der Waals surface area contributed by atoms with Crippen molar-refractivity contribution in [1.82, 2.24) is 5.32 Å². The Balaban J connectivity index is 1.48. The minimum atomic E-state index is -0.542. The molecule has 0 amide bonds. The predicted molar refractivity (Wildman–Crippen MR) is 110 cm³/mol. The van der Waals surface area contributed by atoms with Gasteiger partial charge in [0, 0.05) is 19.2 Å². The Morgan fingerprint density at radius 2 is 1.52 bits per heavy atom. The quantitative estimate of drug-likeness (QED) is 0.722. The minimum Gasteiger partial charge on any atom is -0.378 e. The van der Waals surface area contributed by atoms with Gasteiger partial charge in [0.1, 0.15) is 18.3 Å². The fourth-order valence-electron chi connectivity index (χ4n) is 4.06. The fraction of sp³-hybridized carbons (Fsp3) is 0.727. The lowest BCUT2D eigenvalue weighted by Crippen LogP contribution is -2.67. The van der Waals surface area contributed by atoms with E-state index in [-0.39, 0.29) is 24.4 Å². The van der Waals surface area contributed by atoms with Crippen molar-refractivity contribution < 1.29 is 37.9 Å². The van der Waals surface area contributed by atoms with Crippen molar-refractivity contribution in [2.75, 3.05) is 66.5 Å². The molecule has 6 atom stereocenters. The van der Waals surface area contributed by atoms with Crippen LogP contribution in [-0.2, 0) is 37.9 Å². The van der Waals surface area contributed by atoms with E-state index in [1.165, 1.54) is 0 Å². The van der Waals surface area contributed by atoms with Gasteiger partial charge in [-0.25, -0.2) is 0 Å². The van der Waals surface area contributed by atoms with E-state index in [0.29, 0.717) is 59.4 Å².